The van der Waals surface area contributed by atoms with Gasteiger partial charge in [0.05, 0.1) is 0 Å². The standard InChI is InChI=1S/C10H18N2O3/c1-2-7-11-15-9-5-3-8(4-6-9)12-10(13)14/h7-9,12H,2-6H2,1H3,(H,13,14). The maximum atomic E-state index is 10.4. The second kappa shape index (κ2) is 6.27. The molecule has 1 rings (SSSR count). The molecule has 15 heavy (non-hydrogen) atoms. The highest BCUT2D eigenvalue weighted by molar-refractivity contribution is 5.64. The molecule has 0 aromatic rings. The van der Waals surface area contributed by atoms with Crippen molar-refractivity contribution in [3.05, 3.63) is 0 Å². The number of nitrogens with zero attached hydrogens (tertiary/aromatic N) is 1. The lowest BCUT2D eigenvalue weighted by atomic mass is 9.93. The maximum absolute atomic E-state index is 10.4. The zero-order valence-corrected chi connectivity index (χ0v) is 8.98. The third-order valence-corrected chi connectivity index (χ3v) is 2.47. The zero-order valence-electron chi connectivity index (χ0n) is 8.98. The van der Waals surface area contributed by atoms with Gasteiger partial charge in [0.1, 0.15) is 6.10 Å². The Labute approximate surface area is 89.5 Å². The predicted octanol–water partition coefficient (Wildman–Crippen LogP) is 1.98. The van der Waals surface area contributed by atoms with Crippen molar-refractivity contribution in [1.82, 2.24) is 5.32 Å². The Bertz CT molecular complexity index is 223. The second-order valence-corrected chi connectivity index (χ2v) is 3.72. The highest BCUT2D eigenvalue weighted by Gasteiger charge is 2.23. The molecule has 86 valence electrons. The van der Waals surface area contributed by atoms with E-state index < -0.39 is 6.09 Å². The summed E-state index contributed by atoms with van der Waals surface area (Å²) in [6.45, 7) is 2.00. The van der Waals surface area contributed by atoms with Gasteiger partial charge in [-0.1, -0.05) is 12.1 Å². The Morgan fingerprint density at radius 1 is 1.53 bits per heavy atom. The van der Waals surface area contributed by atoms with Gasteiger partial charge in [-0.3, -0.25) is 0 Å². The van der Waals surface area contributed by atoms with Crippen molar-refractivity contribution < 1.29 is 14.7 Å². The van der Waals surface area contributed by atoms with E-state index in [1.807, 2.05) is 6.92 Å². The first-order chi connectivity index (χ1) is 7.22. The molecule has 0 bridgehead atoms. The van der Waals surface area contributed by atoms with Gasteiger partial charge in [0.2, 0.25) is 0 Å². The number of carboxylic acid groups (broad SMARTS) is 1. The fourth-order valence-corrected chi connectivity index (χ4v) is 1.69. The second-order valence-electron chi connectivity index (χ2n) is 3.72. The number of nitrogens with one attached hydrogen (secondary N) is 1. The normalized spacial score (nSPS) is 26.5. The average Bonchev–Trinajstić information content (AvgIpc) is 2.20. The zero-order chi connectivity index (χ0) is 11.1. The van der Waals surface area contributed by atoms with Crippen LogP contribution in [-0.2, 0) is 4.84 Å². The lowest BCUT2D eigenvalue weighted by Gasteiger charge is -2.26. The van der Waals surface area contributed by atoms with E-state index in [4.69, 9.17) is 9.94 Å². The molecule has 0 aliphatic heterocycles. The first-order valence-electron chi connectivity index (χ1n) is 5.39. The van der Waals surface area contributed by atoms with Gasteiger partial charge < -0.3 is 15.3 Å². The van der Waals surface area contributed by atoms with Gasteiger partial charge in [-0.05, 0) is 32.1 Å². The average molecular weight is 214 g/mol. The number of hydrogen-bond acceptors (Lipinski definition) is 3. The third kappa shape index (κ3) is 4.67. The van der Waals surface area contributed by atoms with Gasteiger partial charge in [0, 0.05) is 12.3 Å². The molecule has 1 fully saturated rings. The summed E-state index contributed by atoms with van der Waals surface area (Å²) < 4.78 is 0. The lowest BCUT2D eigenvalue weighted by Crippen LogP contribution is -2.37. The van der Waals surface area contributed by atoms with E-state index in [1.54, 1.807) is 6.21 Å². The van der Waals surface area contributed by atoms with Crippen LogP contribution in [0, 0.1) is 0 Å². The van der Waals surface area contributed by atoms with Crippen molar-refractivity contribution in [1.29, 1.82) is 0 Å². The Morgan fingerprint density at radius 2 is 2.20 bits per heavy atom. The fraction of sp³-hybridized carbons (Fsp3) is 0.800. The van der Waals surface area contributed by atoms with E-state index in [1.165, 1.54) is 0 Å². The Morgan fingerprint density at radius 3 is 2.73 bits per heavy atom. The molecule has 0 atom stereocenters. The summed E-state index contributed by atoms with van der Waals surface area (Å²) >= 11 is 0. The molecule has 1 aliphatic carbocycles. The van der Waals surface area contributed by atoms with Crippen LogP contribution in [0.5, 0.6) is 0 Å². The first kappa shape index (κ1) is 11.8. The molecule has 1 aliphatic rings. The van der Waals surface area contributed by atoms with Crippen LogP contribution < -0.4 is 5.32 Å². The van der Waals surface area contributed by atoms with Crippen LogP contribution in [-0.4, -0.2) is 29.6 Å². The summed E-state index contributed by atoms with van der Waals surface area (Å²) in [5.41, 5.74) is 0. The maximum Gasteiger partial charge on any atom is 0.404 e. The Kier molecular flexibility index (Phi) is 4.93. The highest BCUT2D eigenvalue weighted by Crippen LogP contribution is 2.21. The van der Waals surface area contributed by atoms with E-state index in [9.17, 15) is 4.79 Å². The number of rotatable bonds is 4. The van der Waals surface area contributed by atoms with Crippen LogP contribution in [0.2, 0.25) is 0 Å². The van der Waals surface area contributed by atoms with Gasteiger partial charge in [-0.25, -0.2) is 4.79 Å². The molecule has 5 nitrogen and oxygen atoms in total. The van der Waals surface area contributed by atoms with Gasteiger partial charge in [-0.2, -0.15) is 0 Å². The minimum atomic E-state index is -0.941. The third-order valence-electron chi connectivity index (χ3n) is 2.47. The van der Waals surface area contributed by atoms with Crippen molar-refractivity contribution >= 4 is 12.3 Å². The first-order valence-corrected chi connectivity index (χ1v) is 5.39. The molecule has 1 saturated carbocycles. The topological polar surface area (TPSA) is 70.9 Å². The van der Waals surface area contributed by atoms with Gasteiger partial charge >= 0.3 is 6.09 Å². The molecule has 0 heterocycles. The summed E-state index contributed by atoms with van der Waals surface area (Å²) in [5, 5.41) is 14.9. The van der Waals surface area contributed by atoms with E-state index in [-0.39, 0.29) is 12.1 Å². The molecule has 5 heteroatoms. The molecule has 1 amide bonds. The summed E-state index contributed by atoms with van der Waals surface area (Å²) in [5.74, 6) is 0. The van der Waals surface area contributed by atoms with Crippen LogP contribution in [0.3, 0.4) is 0 Å². The summed E-state index contributed by atoms with van der Waals surface area (Å²) in [4.78, 5) is 15.7. The van der Waals surface area contributed by atoms with E-state index >= 15 is 0 Å². The fourth-order valence-electron chi connectivity index (χ4n) is 1.69. The van der Waals surface area contributed by atoms with Crippen LogP contribution in [0.15, 0.2) is 5.16 Å². The van der Waals surface area contributed by atoms with E-state index in [0.717, 1.165) is 32.1 Å². The summed E-state index contributed by atoms with van der Waals surface area (Å²) in [6.07, 6.45) is 5.22. The molecule has 0 radical (unpaired) electrons. The largest absolute Gasteiger partial charge is 0.465 e. The molecule has 0 aromatic heterocycles. The van der Waals surface area contributed by atoms with Crippen LogP contribution in [0.25, 0.3) is 0 Å². The minimum absolute atomic E-state index is 0.0810. The van der Waals surface area contributed by atoms with Crippen molar-refractivity contribution in [2.75, 3.05) is 0 Å². The molecular weight excluding hydrogens is 196 g/mol. The van der Waals surface area contributed by atoms with Crippen LogP contribution in [0.4, 0.5) is 4.79 Å². The molecule has 0 unspecified atom stereocenters. The van der Waals surface area contributed by atoms with E-state index in [0.29, 0.717) is 0 Å². The Hall–Kier alpha value is -1.26. The SMILES string of the molecule is CCC=NOC1CCC(NC(=O)O)CC1. The lowest BCUT2D eigenvalue weighted by molar-refractivity contribution is 0.0274. The van der Waals surface area contributed by atoms with Gasteiger partial charge in [0.15, 0.2) is 0 Å². The smallest absolute Gasteiger partial charge is 0.404 e. The number of carbonyl (C=O) groups is 1. The molecule has 2 N–H and O–H groups in total. The summed E-state index contributed by atoms with van der Waals surface area (Å²) in [7, 11) is 0. The van der Waals surface area contributed by atoms with Crippen molar-refractivity contribution in [2.24, 2.45) is 5.16 Å². The molecule has 0 aromatic carbocycles. The van der Waals surface area contributed by atoms with E-state index in [2.05, 4.69) is 10.5 Å². The van der Waals surface area contributed by atoms with Gasteiger partial charge in [-0.15, -0.1) is 0 Å². The Balaban J connectivity index is 2.18. The predicted molar refractivity (Wildman–Crippen MR) is 57.1 cm³/mol. The molecular formula is C10H18N2O3. The minimum Gasteiger partial charge on any atom is -0.465 e. The molecule has 0 spiro atoms. The number of oxime groups is 1. The van der Waals surface area contributed by atoms with Crippen molar-refractivity contribution in [3.8, 4) is 0 Å². The van der Waals surface area contributed by atoms with Crippen molar-refractivity contribution in [2.45, 2.75) is 51.2 Å². The monoisotopic (exact) mass is 214 g/mol. The highest BCUT2D eigenvalue weighted by atomic mass is 16.6. The van der Waals surface area contributed by atoms with Crippen molar-refractivity contribution in [3.63, 3.8) is 0 Å². The number of hydrogen-bond donors (Lipinski definition) is 2. The van der Waals surface area contributed by atoms with Crippen LogP contribution >= 0.6 is 0 Å². The quantitative estimate of drug-likeness (QED) is 0.555. The van der Waals surface area contributed by atoms with Crippen LogP contribution in [0.1, 0.15) is 39.0 Å². The van der Waals surface area contributed by atoms with Gasteiger partial charge in [0.25, 0.3) is 0 Å². The molecule has 0 saturated heterocycles. The number of amides is 1. The summed E-state index contributed by atoms with van der Waals surface area (Å²) in [6, 6.07) is 0.0810.